The number of benzene rings is 1. The van der Waals surface area contributed by atoms with Crippen LogP contribution in [0.1, 0.15) is 40.7 Å². The average molecular weight is 249 g/mol. The minimum Gasteiger partial charge on any atom is -0.448 e. The van der Waals surface area contributed by atoms with Crippen LogP contribution in [0.2, 0.25) is 0 Å². The quantitative estimate of drug-likeness (QED) is 0.732. The van der Waals surface area contributed by atoms with Gasteiger partial charge in [0.25, 0.3) is 0 Å². The Morgan fingerprint density at radius 1 is 1.22 bits per heavy atom. The number of ether oxygens (including phenoxy) is 1. The Hall–Kier alpha value is -1.64. The predicted molar refractivity (Wildman–Crippen MR) is 76.2 cm³/mol. The van der Waals surface area contributed by atoms with Crippen molar-refractivity contribution in [3.8, 4) is 0 Å². The van der Waals surface area contributed by atoms with Gasteiger partial charge in [-0.15, -0.1) is 0 Å². The van der Waals surface area contributed by atoms with Gasteiger partial charge in [0.05, 0.1) is 12.3 Å². The fraction of sp³-hybridized carbons (Fsp3) is 0.467. The van der Waals surface area contributed by atoms with E-state index in [1.807, 2.05) is 51.1 Å². The summed E-state index contributed by atoms with van der Waals surface area (Å²) in [6.07, 6.45) is -0.527. The van der Waals surface area contributed by atoms with Gasteiger partial charge in [0.2, 0.25) is 0 Å². The van der Waals surface area contributed by atoms with Crippen molar-refractivity contribution < 1.29 is 9.53 Å². The molecule has 0 saturated carbocycles. The second-order valence-corrected chi connectivity index (χ2v) is 4.78. The number of nitrogens with zero attached hydrogens (tertiary/aromatic N) is 1. The molecule has 0 atom stereocenters. The van der Waals surface area contributed by atoms with Crippen molar-refractivity contribution >= 4 is 11.8 Å². The Balaban J connectivity index is 0.00000289. The van der Waals surface area contributed by atoms with Crippen molar-refractivity contribution in [1.82, 2.24) is 0 Å². The predicted octanol–water partition coefficient (Wildman–Crippen LogP) is 4.31. The maximum Gasteiger partial charge on any atom is 0.433 e. The lowest BCUT2D eigenvalue weighted by Crippen LogP contribution is -2.23. The SMILES string of the molecule is C.CCOC(=O)N=C(c1ccccc1)C(C)(C)C. The fourth-order valence-corrected chi connectivity index (χ4v) is 1.51. The highest BCUT2D eigenvalue weighted by atomic mass is 16.5. The zero-order valence-electron chi connectivity index (χ0n) is 10.9. The number of rotatable bonds is 2. The Bertz CT molecular complexity index is 402. The van der Waals surface area contributed by atoms with Gasteiger partial charge in [0, 0.05) is 5.41 Å². The lowest BCUT2D eigenvalue weighted by Gasteiger charge is -2.21. The van der Waals surface area contributed by atoms with Crippen LogP contribution < -0.4 is 0 Å². The van der Waals surface area contributed by atoms with Crippen molar-refractivity contribution in [2.24, 2.45) is 10.4 Å². The summed E-state index contributed by atoms with van der Waals surface area (Å²) in [5, 5.41) is 0. The lowest BCUT2D eigenvalue weighted by atomic mass is 9.85. The van der Waals surface area contributed by atoms with Crippen LogP contribution in [0.15, 0.2) is 35.3 Å². The Kier molecular flexibility index (Phi) is 6.31. The molecule has 1 aromatic carbocycles. The Morgan fingerprint density at radius 2 is 1.78 bits per heavy atom. The van der Waals surface area contributed by atoms with E-state index in [9.17, 15) is 4.79 Å². The molecule has 18 heavy (non-hydrogen) atoms. The van der Waals surface area contributed by atoms with Crippen molar-refractivity contribution in [2.75, 3.05) is 6.61 Å². The second kappa shape index (κ2) is 6.94. The first-order chi connectivity index (χ1) is 7.95. The first kappa shape index (κ1) is 16.4. The van der Waals surface area contributed by atoms with E-state index >= 15 is 0 Å². The molecule has 1 aromatic rings. The minimum atomic E-state index is -0.527. The monoisotopic (exact) mass is 249 g/mol. The molecule has 0 spiro atoms. The topological polar surface area (TPSA) is 38.7 Å². The van der Waals surface area contributed by atoms with Gasteiger partial charge >= 0.3 is 6.09 Å². The van der Waals surface area contributed by atoms with Crippen LogP contribution in [0, 0.1) is 5.41 Å². The molecule has 0 radical (unpaired) electrons. The summed E-state index contributed by atoms with van der Waals surface area (Å²) in [5.74, 6) is 0. The molecule has 0 saturated heterocycles. The van der Waals surface area contributed by atoms with Gasteiger partial charge in [-0.25, -0.2) is 4.79 Å². The Labute approximate surface area is 110 Å². The summed E-state index contributed by atoms with van der Waals surface area (Å²) < 4.78 is 4.86. The smallest absolute Gasteiger partial charge is 0.433 e. The van der Waals surface area contributed by atoms with Crippen molar-refractivity contribution in [3.05, 3.63) is 35.9 Å². The van der Waals surface area contributed by atoms with Gasteiger partial charge in [-0.05, 0) is 12.5 Å². The summed E-state index contributed by atoms with van der Waals surface area (Å²) in [4.78, 5) is 15.5. The van der Waals surface area contributed by atoms with Gasteiger partial charge in [-0.3, -0.25) is 0 Å². The molecule has 0 aliphatic heterocycles. The van der Waals surface area contributed by atoms with Crippen LogP contribution in [0.25, 0.3) is 0 Å². The van der Waals surface area contributed by atoms with Gasteiger partial charge in [0.1, 0.15) is 0 Å². The first-order valence-corrected chi connectivity index (χ1v) is 5.76. The maximum atomic E-state index is 11.5. The summed E-state index contributed by atoms with van der Waals surface area (Å²) in [5.41, 5.74) is 1.50. The number of aliphatic imine (C=N–C) groups is 1. The van der Waals surface area contributed by atoms with E-state index in [1.165, 1.54) is 0 Å². The largest absolute Gasteiger partial charge is 0.448 e. The third kappa shape index (κ3) is 4.70. The summed E-state index contributed by atoms with van der Waals surface area (Å²) in [6, 6.07) is 9.70. The molecule has 0 unspecified atom stereocenters. The molecular weight excluding hydrogens is 226 g/mol. The van der Waals surface area contributed by atoms with Gasteiger partial charge in [-0.1, -0.05) is 58.5 Å². The van der Waals surface area contributed by atoms with E-state index in [-0.39, 0.29) is 12.8 Å². The van der Waals surface area contributed by atoms with Gasteiger partial charge < -0.3 is 4.74 Å². The number of amides is 1. The molecule has 3 nitrogen and oxygen atoms in total. The molecule has 0 heterocycles. The van der Waals surface area contributed by atoms with Gasteiger partial charge in [-0.2, -0.15) is 4.99 Å². The van der Waals surface area contributed by atoms with Crippen LogP contribution in [0.3, 0.4) is 0 Å². The molecule has 0 bridgehead atoms. The van der Waals surface area contributed by atoms with E-state index in [2.05, 4.69) is 4.99 Å². The molecule has 100 valence electrons. The lowest BCUT2D eigenvalue weighted by molar-refractivity contribution is 0.163. The highest BCUT2D eigenvalue weighted by molar-refractivity contribution is 6.08. The highest BCUT2D eigenvalue weighted by Crippen LogP contribution is 2.22. The molecule has 1 amide bonds. The van der Waals surface area contributed by atoms with E-state index in [0.717, 1.165) is 11.3 Å². The summed E-state index contributed by atoms with van der Waals surface area (Å²) in [6.45, 7) is 8.19. The van der Waals surface area contributed by atoms with Crippen molar-refractivity contribution in [2.45, 2.75) is 35.1 Å². The van der Waals surface area contributed by atoms with Gasteiger partial charge in [0.15, 0.2) is 0 Å². The number of carbonyl (C=O) groups is 1. The van der Waals surface area contributed by atoms with Crippen LogP contribution in [0.4, 0.5) is 4.79 Å². The van der Waals surface area contributed by atoms with Crippen molar-refractivity contribution in [3.63, 3.8) is 0 Å². The maximum absolute atomic E-state index is 11.5. The van der Waals surface area contributed by atoms with E-state index in [0.29, 0.717) is 6.61 Å². The van der Waals surface area contributed by atoms with E-state index < -0.39 is 6.09 Å². The molecule has 0 aromatic heterocycles. The second-order valence-electron chi connectivity index (χ2n) is 4.78. The number of carbonyl (C=O) groups excluding carboxylic acids is 1. The molecule has 0 aliphatic rings. The molecule has 1 rings (SSSR count). The molecule has 3 heteroatoms. The van der Waals surface area contributed by atoms with Crippen LogP contribution >= 0.6 is 0 Å². The molecule has 0 N–H and O–H groups in total. The molecule has 0 fully saturated rings. The summed E-state index contributed by atoms with van der Waals surface area (Å²) >= 11 is 0. The van der Waals surface area contributed by atoms with Crippen LogP contribution in [-0.2, 0) is 4.74 Å². The van der Waals surface area contributed by atoms with E-state index in [4.69, 9.17) is 4.74 Å². The normalized spacial score (nSPS) is 11.7. The standard InChI is InChI=1S/C14H19NO2.CH4/c1-5-17-13(16)15-12(14(2,3)4)11-9-7-6-8-10-11;/h6-10H,5H2,1-4H3;1H4. The minimum absolute atomic E-state index is 0. The zero-order valence-corrected chi connectivity index (χ0v) is 10.9. The number of hydrogen-bond donors (Lipinski definition) is 0. The van der Waals surface area contributed by atoms with Crippen molar-refractivity contribution in [1.29, 1.82) is 0 Å². The average Bonchev–Trinajstić information content (AvgIpc) is 2.26. The molecular formula is C15H23NO2. The number of hydrogen-bond acceptors (Lipinski definition) is 2. The van der Waals surface area contributed by atoms with E-state index in [1.54, 1.807) is 6.92 Å². The summed E-state index contributed by atoms with van der Waals surface area (Å²) in [7, 11) is 0. The first-order valence-electron chi connectivity index (χ1n) is 5.76. The third-order valence-electron chi connectivity index (χ3n) is 2.23. The highest BCUT2D eigenvalue weighted by Gasteiger charge is 2.22. The van der Waals surface area contributed by atoms with Crippen LogP contribution in [-0.4, -0.2) is 18.4 Å². The third-order valence-corrected chi connectivity index (χ3v) is 2.23. The fourth-order valence-electron chi connectivity index (χ4n) is 1.51. The Morgan fingerprint density at radius 3 is 2.22 bits per heavy atom. The van der Waals surface area contributed by atoms with Crippen LogP contribution in [0.5, 0.6) is 0 Å². The zero-order chi connectivity index (χ0) is 12.9. The molecule has 0 aliphatic carbocycles.